The van der Waals surface area contributed by atoms with Crippen molar-refractivity contribution in [1.29, 1.82) is 0 Å². The molecule has 0 aliphatic carbocycles. The Bertz CT molecular complexity index is 385. The molecule has 4 N–H and O–H groups in total. The van der Waals surface area contributed by atoms with E-state index in [2.05, 4.69) is 5.10 Å². The van der Waals surface area contributed by atoms with E-state index in [4.69, 9.17) is 11.5 Å². The van der Waals surface area contributed by atoms with Gasteiger partial charge in [0.15, 0.2) is 0 Å². The van der Waals surface area contributed by atoms with Crippen LogP contribution < -0.4 is 11.5 Å². The lowest BCUT2D eigenvalue weighted by Crippen LogP contribution is -2.30. The molecule has 1 rings (SSSR count). The fraction of sp³-hybridized carbons (Fsp3) is 0. The third-order valence-electron chi connectivity index (χ3n) is 1.43. The maximum absolute atomic E-state index is 13.0. The van der Waals surface area contributed by atoms with Crippen LogP contribution in [0, 0.1) is 11.0 Å². The molecule has 6 heteroatoms. The maximum atomic E-state index is 13.0. The summed E-state index contributed by atoms with van der Waals surface area (Å²) in [5.41, 5.74) is 10.1. The number of hydrogen-bond donors (Lipinski definition) is 2. The zero-order valence-corrected chi connectivity index (χ0v) is 7.22. The van der Waals surface area contributed by atoms with Crippen LogP contribution in [0.2, 0.25) is 0 Å². The van der Waals surface area contributed by atoms with Gasteiger partial charge in [0.25, 0.3) is 0 Å². The third kappa shape index (κ3) is 2.44. The fourth-order valence-electron chi connectivity index (χ4n) is 0.761. The average Bonchev–Trinajstić information content (AvgIpc) is 2.16. The molecule has 0 bridgehead atoms. The third-order valence-corrected chi connectivity index (χ3v) is 1.43. The predicted octanol–water partition coefficient (Wildman–Crippen LogP) is -0.0567. The Balaban J connectivity index is 2.90. The van der Waals surface area contributed by atoms with E-state index in [0.717, 1.165) is 6.21 Å². The molecule has 0 aliphatic heterocycles. The summed E-state index contributed by atoms with van der Waals surface area (Å²) < 4.78 is 13.0. The summed E-state index contributed by atoms with van der Waals surface area (Å²) in [5.74, 6) is -0.974. The zero-order valence-electron chi connectivity index (χ0n) is 7.22. The van der Waals surface area contributed by atoms with Gasteiger partial charge in [0.1, 0.15) is 5.82 Å². The minimum Gasteiger partial charge on any atom is -0.722 e. The van der Waals surface area contributed by atoms with Gasteiger partial charge in [-0.05, 0) is 6.07 Å². The topological polar surface area (TPSA) is 90.5 Å². The molecule has 0 fully saturated rings. The van der Waals surface area contributed by atoms with Gasteiger partial charge in [0, 0.05) is 5.56 Å². The number of guanidine groups is 1. The molecule has 1 aromatic carbocycles. The predicted molar refractivity (Wildman–Crippen MR) is 51.0 cm³/mol. The smallest absolute Gasteiger partial charge is 0.366 e. The summed E-state index contributed by atoms with van der Waals surface area (Å²) >= 11 is 0. The van der Waals surface area contributed by atoms with Crippen LogP contribution in [-0.2, 0) is 0 Å². The summed E-state index contributed by atoms with van der Waals surface area (Å²) in [6.07, 6.45) is 1.04. The SMILES string of the molecule is NC(N)=[N+]([O-])/N=C/c1ccccc1F. The number of nitrogens with two attached hydrogens (primary N) is 2. The van der Waals surface area contributed by atoms with Crippen LogP contribution in [0.25, 0.3) is 0 Å². The standard InChI is InChI=1S/C8H9FN4O/c9-7-4-2-1-3-6(7)5-12-13(14)8(10)11/h1-5H,10-11H2/b12-5+. The van der Waals surface area contributed by atoms with Crippen LogP contribution >= 0.6 is 0 Å². The van der Waals surface area contributed by atoms with Gasteiger partial charge in [0.05, 0.1) is 6.21 Å². The first-order valence-corrected chi connectivity index (χ1v) is 3.75. The highest BCUT2D eigenvalue weighted by molar-refractivity contribution is 5.79. The molecule has 0 atom stereocenters. The average molecular weight is 196 g/mol. The summed E-state index contributed by atoms with van der Waals surface area (Å²) in [7, 11) is 0. The second-order valence-corrected chi connectivity index (χ2v) is 2.46. The summed E-state index contributed by atoms with van der Waals surface area (Å²) in [6.45, 7) is 0. The fourth-order valence-corrected chi connectivity index (χ4v) is 0.761. The Morgan fingerprint density at radius 2 is 2.07 bits per heavy atom. The highest BCUT2D eigenvalue weighted by atomic mass is 19.1. The van der Waals surface area contributed by atoms with Crippen molar-refractivity contribution in [3.8, 4) is 0 Å². The first-order valence-electron chi connectivity index (χ1n) is 3.75. The van der Waals surface area contributed by atoms with Gasteiger partial charge in [-0.2, -0.15) is 0 Å². The molecular weight excluding hydrogens is 187 g/mol. The van der Waals surface area contributed by atoms with E-state index >= 15 is 0 Å². The molecule has 0 saturated carbocycles. The number of hydrazone groups is 1. The Labute approximate surface area is 79.7 Å². The van der Waals surface area contributed by atoms with E-state index in [1.165, 1.54) is 18.2 Å². The van der Waals surface area contributed by atoms with E-state index in [9.17, 15) is 9.60 Å². The molecule has 0 aliphatic rings. The van der Waals surface area contributed by atoms with Crippen LogP contribution in [-0.4, -0.2) is 17.0 Å². The number of rotatable bonds is 2. The number of nitrogens with zero attached hydrogens (tertiary/aromatic N) is 2. The van der Waals surface area contributed by atoms with Crippen molar-refractivity contribution in [2.45, 2.75) is 0 Å². The molecule has 0 spiro atoms. The van der Waals surface area contributed by atoms with E-state index in [-0.39, 0.29) is 10.4 Å². The van der Waals surface area contributed by atoms with Gasteiger partial charge in [0.2, 0.25) is 0 Å². The van der Waals surface area contributed by atoms with Crippen LogP contribution in [0.4, 0.5) is 4.39 Å². The highest BCUT2D eigenvalue weighted by Crippen LogP contribution is 2.02. The molecule has 0 radical (unpaired) electrons. The Morgan fingerprint density at radius 3 is 2.64 bits per heavy atom. The molecule has 0 aromatic heterocycles. The van der Waals surface area contributed by atoms with Gasteiger partial charge < -0.3 is 5.21 Å². The second-order valence-electron chi connectivity index (χ2n) is 2.46. The minimum absolute atomic E-state index is 0.00639. The van der Waals surface area contributed by atoms with Crippen LogP contribution in [0.15, 0.2) is 29.4 Å². The van der Waals surface area contributed by atoms with Crippen molar-refractivity contribution in [2.75, 3.05) is 0 Å². The van der Waals surface area contributed by atoms with Gasteiger partial charge in [-0.3, -0.25) is 11.5 Å². The molecule has 5 nitrogen and oxygen atoms in total. The molecule has 14 heavy (non-hydrogen) atoms. The number of hydrogen-bond acceptors (Lipinski definition) is 2. The van der Waals surface area contributed by atoms with Crippen LogP contribution in [0.3, 0.4) is 0 Å². The maximum Gasteiger partial charge on any atom is 0.366 e. The molecule has 0 amide bonds. The molecule has 74 valence electrons. The quantitative estimate of drug-likeness (QED) is 0.228. The lowest BCUT2D eigenvalue weighted by molar-refractivity contribution is -0.463. The molecule has 0 heterocycles. The second kappa shape index (κ2) is 4.22. The lowest BCUT2D eigenvalue weighted by Gasteiger charge is -2.02. The van der Waals surface area contributed by atoms with Crippen molar-refractivity contribution in [1.82, 2.24) is 0 Å². The number of benzene rings is 1. The summed E-state index contributed by atoms with van der Waals surface area (Å²) in [4.78, 5) is 0.00639. The van der Waals surface area contributed by atoms with Gasteiger partial charge >= 0.3 is 5.96 Å². The van der Waals surface area contributed by atoms with E-state index < -0.39 is 11.8 Å². The Morgan fingerprint density at radius 1 is 1.43 bits per heavy atom. The van der Waals surface area contributed by atoms with Gasteiger partial charge in [-0.25, -0.2) is 4.39 Å². The van der Waals surface area contributed by atoms with Crippen LogP contribution in [0.5, 0.6) is 0 Å². The van der Waals surface area contributed by atoms with Crippen molar-refractivity contribution in [2.24, 2.45) is 16.6 Å². The number of halogens is 1. The monoisotopic (exact) mass is 196 g/mol. The van der Waals surface area contributed by atoms with E-state index in [1.54, 1.807) is 6.07 Å². The molecule has 0 unspecified atom stereocenters. The summed E-state index contributed by atoms with van der Waals surface area (Å²) in [6, 6.07) is 5.88. The van der Waals surface area contributed by atoms with E-state index in [0.29, 0.717) is 0 Å². The van der Waals surface area contributed by atoms with Crippen molar-refractivity contribution >= 4 is 12.2 Å². The Hall–Kier alpha value is -2.11. The summed E-state index contributed by atoms with van der Waals surface area (Å²) in [5, 5.41) is 14.0. The van der Waals surface area contributed by atoms with Gasteiger partial charge in [-0.1, -0.05) is 18.2 Å². The molecule has 1 aromatic rings. The molecule has 0 saturated heterocycles. The first-order chi connectivity index (χ1) is 6.61. The minimum atomic E-state index is -0.502. The Kier molecular flexibility index (Phi) is 3.01. The van der Waals surface area contributed by atoms with Crippen molar-refractivity contribution in [3.63, 3.8) is 0 Å². The van der Waals surface area contributed by atoms with E-state index in [1.807, 2.05) is 0 Å². The highest BCUT2D eigenvalue weighted by Gasteiger charge is 1.96. The van der Waals surface area contributed by atoms with Gasteiger partial charge in [-0.15, -0.1) is 9.95 Å². The lowest BCUT2D eigenvalue weighted by atomic mass is 10.2. The zero-order chi connectivity index (χ0) is 10.6. The largest absolute Gasteiger partial charge is 0.722 e. The van der Waals surface area contributed by atoms with Crippen molar-refractivity contribution < 1.29 is 9.24 Å². The normalized spacial score (nSPS) is 10.4. The first kappa shape index (κ1) is 9.97. The van der Waals surface area contributed by atoms with Crippen LogP contribution in [0.1, 0.15) is 5.56 Å². The van der Waals surface area contributed by atoms with Crippen molar-refractivity contribution in [3.05, 3.63) is 40.9 Å². The molecular formula is C8H9FN4O.